The second kappa shape index (κ2) is 11.3. The summed E-state index contributed by atoms with van der Waals surface area (Å²) in [6.07, 6.45) is 2.34. The van der Waals surface area contributed by atoms with Gasteiger partial charge in [-0.3, -0.25) is 9.78 Å². The summed E-state index contributed by atoms with van der Waals surface area (Å²) >= 11 is 12.9. The molecular formula is C24H24Cl2N2O6S2. The van der Waals surface area contributed by atoms with Gasteiger partial charge < -0.3 is 10.1 Å². The van der Waals surface area contributed by atoms with Crippen LogP contribution in [0.4, 0.5) is 5.69 Å². The smallest absolute Gasteiger partial charge is 0.235 e. The number of aromatic nitrogens is 1. The van der Waals surface area contributed by atoms with Crippen LogP contribution in [0.2, 0.25) is 10.0 Å². The molecule has 36 heavy (non-hydrogen) atoms. The summed E-state index contributed by atoms with van der Waals surface area (Å²) in [5.41, 5.74) is 1.76. The van der Waals surface area contributed by atoms with E-state index in [4.69, 9.17) is 27.9 Å². The van der Waals surface area contributed by atoms with Crippen LogP contribution < -0.4 is 5.32 Å². The van der Waals surface area contributed by atoms with Crippen molar-refractivity contribution < 1.29 is 26.4 Å². The summed E-state index contributed by atoms with van der Waals surface area (Å²) in [5.74, 6) is -1.34. The number of amides is 1. The molecule has 0 saturated carbocycles. The molecule has 0 aliphatic rings. The van der Waals surface area contributed by atoms with E-state index >= 15 is 0 Å². The fraction of sp³-hybridized carbons (Fsp3) is 0.250. The van der Waals surface area contributed by atoms with Gasteiger partial charge >= 0.3 is 0 Å². The maximum Gasteiger partial charge on any atom is 0.235 e. The molecule has 1 N–H and O–H groups in total. The predicted octanol–water partition coefficient (Wildman–Crippen LogP) is 4.62. The number of benzene rings is 2. The van der Waals surface area contributed by atoms with Crippen molar-refractivity contribution in [3.63, 3.8) is 0 Å². The van der Waals surface area contributed by atoms with E-state index in [1.807, 2.05) is 0 Å². The number of methoxy groups -OCH3 is 1. The molecule has 2 aromatic carbocycles. The Kier molecular flexibility index (Phi) is 8.79. The van der Waals surface area contributed by atoms with Gasteiger partial charge in [0.05, 0.1) is 37.9 Å². The third-order valence-corrected chi connectivity index (χ3v) is 8.83. The number of halogens is 2. The first-order valence-electron chi connectivity index (χ1n) is 10.7. The fourth-order valence-electron chi connectivity index (χ4n) is 3.43. The van der Waals surface area contributed by atoms with Crippen LogP contribution in [0.3, 0.4) is 0 Å². The van der Waals surface area contributed by atoms with Crippen LogP contribution in [0, 0.1) is 0 Å². The molecule has 1 amide bonds. The molecule has 1 aromatic heterocycles. The molecule has 3 aromatic rings. The highest BCUT2D eigenvalue weighted by molar-refractivity contribution is 7.91. The fourth-order valence-corrected chi connectivity index (χ4v) is 5.59. The van der Waals surface area contributed by atoms with Crippen molar-refractivity contribution in [1.29, 1.82) is 0 Å². The van der Waals surface area contributed by atoms with Crippen molar-refractivity contribution in [1.82, 2.24) is 4.98 Å². The highest BCUT2D eigenvalue weighted by Crippen LogP contribution is 2.38. The lowest BCUT2D eigenvalue weighted by Gasteiger charge is -2.17. The first-order valence-corrected chi connectivity index (χ1v) is 15.0. The van der Waals surface area contributed by atoms with Gasteiger partial charge in [0.2, 0.25) is 5.91 Å². The zero-order chi connectivity index (χ0) is 26.7. The number of carbonyl (C=O) groups is 1. The molecule has 1 unspecified atom stereocenters. The lowest BCUT2D eigenvalue weighted by molar-refractivity contribution is -0.118. The molecule has 12 heteroatoms. The van der Waals surface area contributed by atoms with Gasteiger partial charge in [-0.15, -0.1) is 0 Å². The standard InChI is InChI=1S/C24H24Cl2N2O6S2/c1-4-36(32,33)18-9-10-22(27-13-18)19(14-34-2)24(29)28-16-11-20(25)23(21(26)12-16)15-5-7-17(8-6-15)35(3,30)31/h5-13,19H,4,14H2,1-3H3,(H,28,29). The normalized spacial score (nSPS) is 12.8. The van der Waals surface area contributed by atoms with Gasteiger partial charge in [-0.2, -0.15) is 0 Å². The van der Waals surface area contributed by atoms with Crippen LogP contribution in [0.25, 0.3) is 11.1 Å². The van der Waals surface area contributed by atoms with Gasteiger partial charge in [-0.1, -0.05) is 42.3 Å². The zero-order valence-corrected chi connectivity index (χ0v) is 22.8. The van der Waals surface area contributed by atoms with Crippen LogP contribution in [0.1, 0.15) is 18.5 Å². The number of hydrogen-bond donors (Lipinski definition) is 1. The van der Waals surface area contributed by atoms with Crippen LogP contribution in [-0.2, 0) is 29.2 Å². The molecule has 0 radical (unpaired) electrons. The van der Waals surface area contributed by atoms with E-state index in [0.29, 0.717) is 22.5 Å². The minimum absolute atomic E-state index is 0.00490. The summed E-state index contributed by atoms with van der Waals surface area (Å²) in [6.45, 7) is 1.54. The number of hydrogen-bond acceptors (Lipinski definition) is 7. The molecule has 0 bridgehead atoms. The Bertz CT molecular complexity index is 1450. The second-order valence-electron chi connectivity index (χ2n) is 7.93. The number of sulfone groups is 2. The molecule has 0 fully saturated rings. The Balaban J connectivity index is 1.86. The summed E-state index contributed by atoms with van der Waals surface area (Å²) in [6, 6.07) is 12.1. The van der Waals surface area contributed by atoms with E-state index in [1.54, 1.807) is 12.1 Å². The summed E-state index contributed by atoms with van der Waals surface area (Å²) in [7, 11) is -5.33. The van der Waals surface area contributed by atoms with E-state index < -0.39 is 31.5 Å². The number of pyridine rings is 1. The lowest BCUT2D eigenvalue weighted by atomic mass is 10.0. The van der Waals surface area contributed by atoms with Gasteiger partial charge in [-0.25, -0.2) is 16.8 Å². The van der Waals surface area contributed by atoms with Gasteiger partial charge in [0.25, 0.3) is 0 Å². The average Bonchev–Trinajstić information content (AvgIpc) is 2.82. The molecule has 192 valence electrons. The van der Waals surface area contributed by atoms with Gasteiger partial charge in [0.1, 0.15) is 5.92 Å². The minimum Gasteiger partial charge on any atom is -0.383 e. The predicted molar refractivity (Wildman–Crippen MR) is 140 cm³/mol. The molecule has 0 aliphatic heterocycles. The van der Waals surface area contributed by atoms with Crippen LogP contribution >= 0.6 is 23.2 Å². The topological polar surface area (TPSA) is 119 Å². The molecule has 1 atom stereocenters. The SMILES string of the molecule is CCS(=O)(=O)c1ccc(C(COC)C(=O)Nc2cc(Cl)c(-c3ccc(S(C)(=O)=O)cc3)c(Cl)c2)nc1. The van der Waals surface area contributed by atoms with E-state index in [-0.39, 0.29) is 32.2 Å². The Morgan fingerprint density at radius 2 is 1.58 bits per heavy atom. The van der Waals surface area contributed by atoms with Crippen molar-refractivity contribution in [3.05, 3.63) is 70.5 Å². The largest absolute Gasteiger partial charge is 0.383 e. The summed E-state index contributed by atoms with van der Waals surface area (Å²) < 4.78 is 52.7. The zero-order valence-electron chi connectivity index (χ0n) is 19.7. The van der Waals surface area contributed by atoms with Crippen LogP contribution in [-0.4, -0.2) is 53.5 Å². The maximum absolute atomic E-state index is 13.1. The van der Waals surface area contributed by atoms with E-state index in [0.717, 1.165) is 6.26 Å². The van der Waals surface area contributed by atoms with Crippen molar-refractivity contribution in [3.8, 4) is 11.1 Å². The lowest BCUT2D eigenvalue weighted by Crippen LogP contribution is -2.25. The van der Waals surface area contributed by atoms with Crippen LogP contribution in [0.5, 0.6) is 0 Å². The second-order valence-corrected chi connectivity index (χ2v) is 13.0. The molecular weight excluding hydrogens is 547 g/mol. The quantitative estimate of drug-likeness (QED) is 0.398. The Morgan fingerprint density at radius 1 is 1.00 bits per heavy atom. The number of rotatable bonds is 9. The number of carbonyl (C=O) groups excluding carboxylic acids is 1. The third-order valence-electron chi connectivity index (χ3n) is 5.39. The van der Waals surface area contributed by atoms with Gasteiger partial charge in [0, 0.05) is 30.8 Å². The van der Waals surface area contributed by atoms with Crippen molar-refractivity contribution in [2.45, 2.75) is 22.6 Å². The van der Waals surface area contributed by atoms with Crippen LogP contribution in [0.15, 0.2) is 64.5 Å². The Labute approximate surface area is 220 Å². The van der Waals surface area contributed by atoms with Gasteiger partial charge in [-0.05, 0) is 42.0 Å². The molecule has 1 heterocycles. The molecule has 0 spiro atoms. The first kappa shape index (κ1) is 28.1. The molecule has 0 saturated heterocycles. The highest BCUT2D eigenvalue weighted by atomic mass is 35.5. The Hall–Kier alpha value is -2.50. The summed E-state index contributed by atoms with van der Waals surface area (Å²) in [5, 5.41) is 3.25. The first-order chi connectivity index (χ1) is 16.9. The number of nitrogens with one attached hydrogen (secondary N) is 1. The number of anilines is 1. The summed E-state index contributed by atoms with van der Waals surface area (Å²) in [4.78, 5) is 17.5. The number of ether oxygens (including phenoxy) is 1. The van der Waals surface area contributed by atoms with Crippen molar-refractivity contribution >= 4 is 54.5 Å². The van der Waals surface area contributed by atoms with E-state index in [9.17, 15) is 21.6 Å². The van der Waals surface area contributed by atoms with Crippen molar-refractivity contribution in [2.75, 3.05) is 31.0 Å². The number of nitrogens with zero attached hydrogens (tertiary/aromatic N) is 1. The monoisotopic (exact) mass is 570 g/mol. The minimum atomic E-state index is -3.42. The third kappa shape index (κ3) is 6.43. The van der Waals surface area contributed by atoms with Gasteiger partial charge in [0.15, 0.2) is 19.7 Å². The van der Waals surface area contributed by atoms with E-state index in [1.165, 1.54) is 56.6 Å². The molecule has 3 rings (SSSR count). The van der Waals surface area contributed by atoms with E-state index in [2.05, 4.69) is 10.3 Å². The van der Waals surface area contributed by atoms with Crippen molar-refractivity contribution in [2.24, 2.45) is 0 Å². The molecule has 8 nitrogen and oxygen atoms in total. The average molecular weight is 572 g/mol. The maximum atomic E-state index is 13.1. The Morgan fingerprint density at radius 3 is 2.06 bits per heavy atom. The highest BCUT2D eigenvalue weighted by Gasteiger charge is 2.24. The molecule has 0 aliphatic carbocycles.